The van der Waals surface area contributed by atoms with Gasteiger partial charge in [-0.2, -0.15) is 5.26 Å². The first kappa shape index (κ1) is 59.4. The lowest BCUT2D eigenvalue weighted by Crippen LogP contribution is -2.16. The Morgan fingerprint density at radius 3 is 0.984 bits per heavy atom. The van der Waals surface area contributed by atoms with Crippen molar-refractivity contribution in [3.63, 3.8) is 0 Å². The van der Waals surface area contributed by atoms with Crippen LogP contribution < -0.4 is 5.73 Å². The van der Waals surface area contributed by atoms with Gasteiger partial charge in [0.15, 0.2) is 11.5 Å². The number of nitriles is 1. The number of pyridine rings is 2. The minimum atomic E-state index is -0.652. The van der Waals surface area contributed by atoms with Crippen LogP contribution in [0, 0.1) is 31.6 Å². The summed E-state index contributed by atoms with van der Waals surface area (Å²) in [5.74, 6) is -0.382. The summed E-state index contributed by atoms with van der Waals surface area (Å²) in [6.07, 6.45) is 2.66. The van der Waals surface area contributed by atoms with E-state index in [1.165, 1.54) is 36.7 Å². The monoisotopic (exact) mass is 959 g/mol. The molecule has 0 fully saturated rings. The van der Waals surface area contributed by atoms with E-state index in [0.717, 1.165) is 0 Å². The Hall–Kier alpha value is -5.70. The van der Waals surface area contributed by atoms with Gasteiger partial charge in [0.1, 0.15) is 6.07 Å². The van der Waals surface area contributed by atoms with E-state index in [0.29, 0.717) is 0 Å². The molecule has 0 saturated heterocycles. The molecule has 0 aliphatic carbocycles. The molecule has 0 atom stereocenters. The number of amidine groups is 1. The zero-order valence-corrected chi connectivity index (χ0v) is 27.9. The lowest BCUT2D eigenvalue weighted by Gasteiger charge is -1.98. The van der Waals surface area contributed by atoms with Crippen LogP contribution in [0.15, 0.2) is 41.8 Å². The molecule has 51 heteroatoms. The zero-order valence-electron chi connectivity index (χ0n) is 27.9. The molecule has 0 bridgehead atoms. The maximum absolute atomic E-state index is 10.4. The molecule has 360 valence electrons. The molecule has 51 nitrogen and oxygen atoms in total. The third-order valence-electron chi connectivity index (χ3n) is 3.35. The largest absolute Gasteiger partial charge is 0.409 e. The van der Waals surface area contributed by atoms with Gasteiger partial charge in [-0.25, -0.2) is 31.0 Å². The predicted octanol–water partition coefficient (Wildman–Crippen LogP) is -1.41. The molecule has 0 radical (unpaired) electrons. The summed E-state index contributed by atoms with van der Waals surface area (Å²) in [5, 5.41) is 186. The number of nitro groups is 2. The maximum Gasteiger partial charge on any atom is 0.305 e. The molecule has 0 amide bonds. The molecule has 63 heavy (non-hydrogen) atoms. The van der Waals surface area contributed by atoms with E-state index in [9.17, 15) is 20.2 Å². The van der Waals surface area contributed by atoms with Crippen molar-refractivity contribution in [3.05, 3.63) is 68.3 Å². The van der Waals surface area contributed by atoms with Gasteiger partial charge >= 0.3 is 5.69 Å². The number of oxime groups is 1. The van der Waals surface area contributed by atoms with Gasteiger partial charge in [0.05, 0.1) is 9.85 Å². The van der Waals surface area contributed by atoms with Crippen LogP contribution >= 0.6 is 0 Å². The fraction of sp³-hybridized carbons (Fsp3) is 0. The van der Waals surface area contributed by atoms with Crippen LogP contribution in [0.25, 0.3) is 0 Å². The maximum atomic E-state index is 10.4. The molecule has 2 rings (SSSR count). The lowest BCUT2D eigenvalue weighted by molar-refractivity contribution is -0.893. The third-order valence-corrected chi connectivity index (χ3v) is 3.35. The highest BCUT2D eigenvalue weighted by Gasteiger charge is 2.17. The van der Waals surface area contributed by atoms with Crippen molar-refractivity contribution in [2.75, 3.05) is 0 Å². The minimum absolute atomic E-state index is 0.144. The Labute approximate surface area is 331 Å². The van der Waals surface area contributed by atoms with Crippen molar-refractivity contribution < 1.29 is 212 Å². The van der Waals surface area contributed by atoms with E-state index >= 15 is 0 Å². The normalized spacial score (nSPS) is 10.7. The zero-order chi connectivity index (χ0) is 46.9. The van der Waals surface area contributed by atoms with Crippen LogP contribution in [0.3, 0.4) is 0 Å². The topological polar surface area (TPSA) is 598 Å². The molecule has 0 aromatic carbocycles. The Bertz CT molecular complexity index is 1390. The standard InChI is InChI=1S/C6H6N4O3.C6H3N3O2.H2O20.H2O19/c7-6(9-11)5-4(10(12)13)2-1-3-8-5;7-4-5-6(9(10)11)2-1-3-8-5;1-3-5-7-9-11-13-15-17-19-20-18-16-14-12-10-8-6-4-2;1-3-5-7-9-11-13-15-17-19-18-16-14-12-10-8-6-4-2/h1-3,11H,(H2,7,9);1-3H;1-2H;1-2H. The highest BCUT2D eigenvalue weighted by molar-refractivity contribution is 5.98. The second-order valence-electron chi connectivity index (χ2n) is 6.26. The summed E-state index contributed by atoms with van der Waals surface area (Å²) in [4.78, 5) is 26.5. The quantitative estimate of drug-likeness (QED) is 0.00868. The molecular weight excluding hydrogens is 946 g/mol. The van der Waals surface area contributed by atoms with Crippen molar-refractivity contribution in [1.29, 1.82) is 5.26 Å². The number of aromatic nitrogens is 2. The summed E-state index contributed by atoms with van der Waals surface area (Å²) >= 11 is 0. The molecule has 2 heterocycles. The lowest BCUT2D eigenvalue weighted by atomic mass is 10.3. The van der Waals surface area contributed by atoms with Crippen molar-refractivity contribution in [3.8, 4) is 6.07 Å². The number of rotatable bonds is 36. The average Bonchev–Trinajstić information content (AvgIpc) is 3.30. The van der Waals surface area contributed by atoms with Crippen LogP contribution in [0.2, 0.25) is 0 Å². The van der Waals surface area contributed by atoms with Gasteiger partial charge in [-0.3, -0.25) is 20.2 Å². The Kier molecular flexibility index (Phi) is 44.6. The summed E-state index contributed by atoms with van der Waals surface area (Å²) in [6.45, 7) is 0. The third kappa shape index (κ3) is 38.9. The molecule has 0 aliphatic heterocycles. The molecule has 0 saturated carbocycles. The van der Waals surface area contributed by atoms with E-state index in [1.54, 1.807) is 6.07 Å². The van der Waals surface area contributed by atoms with Crippen molar-refractivity contribution >= 4 is 17.2 Å². The van der Waals surface area contributed by atoms with Crippen LogP contribution in [0.4, 0.5) is 11.4 Å². The van der Waals surface area contributed by atoms with E-state index in [4.69, 9.17) is 37.2 Å². The molecule has 0 unspecified atom stereocenters. The SMILES string of the molecule is N#Cc1ncccc1[N+](=O)[O-].N/C(=N\O)c1ncccc1[N+](=O)[O-].OOOOOOOOOOOOOOOOOOO.OOOOOOOOOOOOOOOOOOOO. The first-order valence-corrected chi connectivity index (χ1v) is 12.2. The smallest absolute Gasteiger partial charge is 0.305 e. The van der Waals surface area contributed by atoms with Gasteiger partial charge in [0.2, 0.25) is 5.69 Å². The number of hydrogen-bond donors (Lipinski definition) is 6. The highest BCUT2D eigenvalue weighted by Crippen LogP contribution is 2.14. The number of nitrogens with zero attached hydrogens (tertiary/aromatic N) is 6. The van der Waals surface area contributed by atoms with Crippen LogP contribution in [0.1, 0.15) is 11.4 Å². The van der Waals surface area contributed by atoms with Crippen LogP contribution in [-0.4, -0.2) is 51.9 Å². The van der Waals surface area contributed by atoms with Crippen LogP contribution in [0.5, 0.6) is 0 Å². The second-order valence-corrected chi connectivity index (χ2v) is 6.26. The Balaban J connectivity index is 0. The van der Waals surface area contributed by atoms with Crippen molar-refractivity contribution in [2.45, 2.75) is 0 Å². The number of hydrogen-bond acceptors (Lipinski definition) is 48. The fourth-order valence-electron chi connectivity index (χ4n) is 1.78. The van der Waals surface area contributed by atoms with E-state index in [1.807, 2.05) is 0 Å². The van der Waals surface area contributed by atoms with E-state index in [2.05, 4.69) is 191 Å². The summed E-state index contributed by atoms with van der Waals surface area (Å²) in [5.41, 5.74) is 4.32. The van der Waals surface area contributed by atoms with Gasteiger partial charge in [0, 0.05) is 39.6 Å². The second kappa shape index (κ2) is 47.4. The highest BCUT2D eigenvalue weighted by atomic mass is 18.0. The number of nitrogens with two attached hydrogens (primary N) is 1. The van der Waals surface area contributed by atoms with E-state index < -0.39 is 9.85 Å². The molecule has 2 aromatic rings. The van der Waals surface area contributed by atoms with E-state index in [-0.39, 0.29) is 28.6 Å². The predicted molar refractivity (Wildman–Crippen MR) is 127 cm³/mol. The summed E-state index contributed by atoms with van der Waals surface area (Å²) in [7, 11) is 0. The van der Waals surface area contributed by atoms with Gasteiger partial charge in [-0.1, -0.05) is 5.16 Å². The molecule has 7 N–H and O–H groups in total. The molecule has 0 aliphatic rings. The fourth-order valence-corrected chi connectivity index (χ4v) is 1.78. The summed E-state index contributed by atoms with van der Waals surface area (Å²) < 4.78 is 0. The van der Waals surface area contributed by atoms with Crippen molar-refractivity contribution in [2.24, 2.45) is 10.9 Å². The first-order chi connectivity index (χ1) is 30.7. The summed E-state index contributed by atoms with van der Waals surface area (Å²) in [6, 6.07) is 6.90. The van der Waals surface area contributed by atoms with Gasteiger partial charge in [-0.05, 0) is 173 Å². The van der Waals surface area contributed by atoms with Crippen molar-refractivity contribution in [1.82, 2.24) is 9.97 Å². The Morgan fingerprint density at radius 1 is 0.508 bits per heavy atom. The van der Waals surface area contributed by atoms with Gasteiger partial charge < -0.3 is 10.9 Å². The first-order valence-electron chi connectivity index (χ1n) is 12.2. The van der Waals surface area contributed by atoms with Crippen LogP contribution in [-0.2, 0) is 176 Å². The van der Waals surface area contributed by atoms with Gasteiger partial charge in [0.25, 0.3) is 5.69 Å². The molecular formula is C12H13N7O44. The van der Waals surface area contributed by atoms with Gasteiger partial charge in [-0.15, -0.1) is 0 Å². The Morgan fingerprint density at radius 2 is 0.762 bits per heavy atom. The molecule has 0 spiro atoms. The molecule has 2 aromatic heterocycles. The minimum Gasteiger partial charge on any atom is -0.409 e. The average molecular weight is 959 g/mol.